The molecule has 1 aliphatic heterocycles. The molecule has 1 aromatic rings. The summed E-state index contributed by atoms with van der Waals surface area (Å²) in [4.78, 5) is 0. The smallest absolute Gasteiger partial charge is 0.369 e. The van der Waals surface area contributed by atoms with E-state index in [1.54, 1.807) is 0 Å². The number of ether oxygens (including phenoxy) is 1. The predicted octanol–water partition coefficient (Wildman–Crippen LogP) is 2.88. The molecule has 0 aromatic heterocycles. The van der Waals surface area contributed by atoms with Crippen LogP contribution in [0.1, 0.15) is 30.1 Å². The van der Waals surface area contributed by atoms with Crippen molar-refractivity contribution >= 4 is 0 Å². The lowest BCUT2D eigenvalue weighted by Gasteiger charge is -2.13. The molecule has 5 heteroatoms. The van der Waals surface area contributed by atoms with E-state index in [2.05, 4.69) is 0 Å². The van der Waals surface area contributed by atoms with E-state index in [4.69, 9.17) is 10.5 Å². The lowest BCUT2D eigenvalue weighted by Crippen LogP contribution is -2.18. The van der Waals surface area contributed by atoms with E-state index in [1.807, 2.05) is 0 Å². The van der Waals surface area contributed by atoms with E-state index in [9.17, 15) is 13.2 Å². The minimum atomic E-state index is -4.28. The molecular formula is C12H14F3NO. The van der Waals surface area contributed by atoms with E-state index in [1.165, 1.54) is 12.1 Å². The molecule has 1 aliphatic rings. The van der Waals surface area contributed by atoms with E-state index in [0.29, 0.717) is 6.54 Å². The number of halogens is 3. The number of rotatable bonds is 2. The van der Waals surface area contributed by atoms with Crippen LogP contribution >= 0.6 is 0 Å². The van der Waals surface area contributed by atoms with Crippen LogP contribution < -0.4 is 5.73 Å². The largest absolute Gasteiger partial charge is 0.416 e. The van der Waals surface area contributed by atoms with Gasteiger partial charge in [0.15, 0.2) is 0 Å². The highest BCUT2D eigenvalue weighted by Crippen LogP contribution is 2.34. The summed E-state index contributed by atoms with van der Waals surface area (Å²) < 4.78 is 42.7. The molecule has 0 aliphatic carbocycles. The maximum Gasteiger partial charge on any atom is 0.416 e. The zero-order valence-corrected chi connectivity index (χ0v) is 9.20. The maximum atomic E-state index is 12.4. The van der Waals surface area contributed by atoms with Gasteiger partial charge in [-0.15, -0.1) is 0 Å². The minimum absolute atomic E-state index is 0.0299. The van der Waals surface area contributed by atoms with Gasteiger partial charge in [0.05, 0.1) is 17.8 Å². The lowest BCUT2D eigenvalue weighted by atomic mass is 10.0. The molecule has 1 aromatic carbocycles. The number of hydrogen-bond acceptors (Lipinski definition) is 2. The fourth-order valence-electron chi connectivity index (χ4n) is 2.01. The van der Waals surface area contributed by atoms with Crippen LogP contribution in [0.5, 0.6) is 0 Å². The van der Waals surface area contributed by atoms with Crippen LogP contribution in [0, 0.1) is 0 Å². The van der Waals surface area contributed by atoms with Crippen LogP contribution in [0.2, 0.25) is 0 Å². The third-order valence-corrected chi connectivity index (χ3v) is 2.98. The van der Waals surface area contributed by atoms with Gasteiger partial charge in [0.25, 0.3) is 0 Å². The molecular weight excluding hydrogens is 231 g/mol. The maximum absolute atomic E-state index is 12.4. The standard InChI is InChI=1S/C12H14F3NO/c13-12(14,15)9-3-1-8(2-4-9)11-6-5-10(7-16)17-11/h1-4,10-11H,5-7,16H2/t10-,11+/m0/s1. The third kappa shape index (κ3) is 2.79. The summed E-state index contributed by atoms with van der Waals surface area (Å²) in [6.45, 7) is 0.455. The van der Waals surface area contributed by atoms with Gasteiger partial charge in [-0.3, -0.25) is 0 Å². The van der Waals surface area contributed by atoms with Gasteiger partial charge in [0.2, 0.25) is 0 Å². The van der Waals surface area contributed by atoms with Gasteiger partial charge in [-0.2, -0.15) is 13.2 Å². The first-order valence-electron chi connectivity index (χ1n) is 5.53. The fraction of sp³-hybridized carbons (Fsp3) is 0.500. The monoisotopic (exact) mass is 245 g/mol. The van der Waals surface area contributed by atoms with Crippen molar-refractivity contribution in [3.05, 3.63) is 35.4 Å². The van der Waals surface area contributed by atoms with E-state index in [0.717, 1.165) is 30.5 Å². The predicted molar refractivity (Wildman–Crippen MR) is 57.3 cm³/mol. The molecule has 0 radical (unpaired) electrons. The van der Waals surface area contributed by atoms with Crippen molar-refractivity contribution in [1.82, 2.24) is 0 Å². The Morgan fingerprint density at radius 2 is 1.82 bits per heavy atom. The van der Waals surface area contributed by atoms with Crippen molar-refractivity contribution in [3.8, 4) is 0 Å². The Bertz CT molecular complexity index is 374. The quantitative estimate of drug-likeness (QED) is 0.869. The third-order valence-electron chi connectivity index (χ3n) is 2.98. The van der Waals surface area contributed by atoms with Crippen molar-refractivity contribution in [2.45, 2.75) is 31.2 Å². The SMILES string of the molecule is NC[C@@H]1CC[C@H](c2ccc(C(F)(F)F)cc2)O1. The van der Waals surface area contributed by atoms with Gasteiger partial charge in [-0.1, -0.05) is 12.1 Å². The molecule has 1 fully saturated rings. The first kappa shape index (κ1) is 12.4. The Kier molecular flexibility index (Phi) is 3.40. The van der Waals surface area contributed by atoms with Crippen LogP contribution in [-0.4, -0.2) is 12.6 Å². The van der Waals surface area contributed by atoms with Crippen molar-refractivity contribution in [1.29, 1.82) is 0 Å². The molecule has 1 heterocycles. The zero-order chi connectivity index (χ0) is 12.5. The Morgan fingerprint density at radius 1 is 1.18 bits per heavy atom. The van der Waals surface area contributed by atoms with Crippen molar-refractivity contribution in [2.75, 3.05) is 6.54 Å². The second-order valence-electron chi connectivity index (χ2n) is 4.18. The Hall–Kier alpha value is -1.07. The van der Waals surface area contributed by atoms with Crippen molar-refractivity contribution in [3.63, 3.8) is 0 Å². The van der Waals surface area contributed by atoms with Crippen LogP contribution in [0.3, 0.4) is 0 Å². The van der Waals surface area contributed by atoms with Gasteiger partial charge in [-0.05, 0) is 30.5 Å². The summed E-state index contributed by atoms with van der Waals surface area (Å²) in [6.07, 6.45) is -2.70. The first-order chi connectivity index (χ1) is 8.00. The number of nitrogens with two attached hydrogens (primary N) is 1. The average molecular weight is 245 g/mol. The number of hydrogen-bond donors (Lipinski definition) is 1. The molecule has 0 saturated carbocycles. The second kappa shape index (κ2) is 4.66. The Balaban J connectivity index is 2.09. The summed E-state index contributed by atoms with van der Waals surface area (Å²) in [5.41, 5.74) is 5.64. The highest BCUT2D eigenvalue weighted by atomic mass is 19.4. The molecule has 0 amide bonds. The Morgan fingerprint density at radius 3 is 2.29 bits per heavy atom. The van der Waals surface area contributed by atoms with Crippen LogP contribution in [0.15, 0.2) is 24.3 Å². The number of alkyl halides is 3. The second-order valence-corrected chi connectivity index (χ2v) is 4.18. The molecule has 94 valence electrons. The average Bonchev–Trinajstić information content (AvgIpc) is 2.76. The molecule has 0 unspecified atom stereocenters. The summed E-state index contributed by atoms with van der Waals surface area (Å²) in [5.74, 6) is 0. The zero-order valence-electron chi connectivity index (χ0n) is 9.20. The summed E-state index contributed by atoms with van der Waals surface area (Å²) in [6, 6.07) is 5.14. The molecule has 0 spiro atoms. The fourth-order valence-corrected chi connectivity index (χ4v) is 2.01. The molecule has 2 nitrogen and oxygen atoms in total. The number of benzene rings is 1. The normalized spacial score (nSPS) is 25.2. The molecule has 1 saturated heterocycles. The highest BCUT2D eigenvalue weighted by molar-refractivity contribution is 5.26. The van der Waals surface area contributed by atoms with Gasteiger partial charge < -0.3 is 10.5 Å². The molecule has 2 rings (SSSR count). The van der Waals surface area contributed by atoms with Gasteiger partial charge in [0, 0.05) is 6.54 Å². The Labute approximate surface area is 97.6 Å². The lowest BCUT2D eigenvalue weighted by molar-refractivity contribution is -0.137. The molecule has 2 N–H and O–H groups in total. The van der Waals surface area contributed by atoms with Crippen LogP contribution in [-0.2, 0) is 10.9 Å². The van der Waals surface area contributed by atoms with Gasteiger partial charge in [0.1, 0.15) is 0 Å². The van der Waals surface area contributed by atoms with Gasteiger partial charge >= 0.3 is 6.18 Å². The van der Waals surface area contributed by atoms with Crippen molar-refractivity contribution < 1.29 is 17.9 Å². The molecule has 17 heavy (non-hydrogen) atoms. The minimum Gasteiger partial charge on any atom is -0.369 e. The first-order valence-corrected chi connectivity index (χ1v) is 5.53. The van der Waals surface area contributed by atoms with Gasteiger partial charge in [-0.25, -0.2) is 0 Å². The summed E-state index contributed by atoms with van der Waals surface area (Å²) in [5, 5.41) is 0. The van der Waals surface area contributed by atoms with E-state index < -0.39 is 11.7 Å². The van der Waals surface area contributed by atoms with Crippen LogP contribution in [0.25, 0.3) is 0 Å². The van der Waals surface area contributed by atoms with Crippen molar-refractivity contribution in [2.24, 2.45) is 5.73 Å². The van der Waals surface area contributed by atoms with E-state index >= 15 is 0 Å². The molecule has 2 atom stereocenters. The highest BCUT2D eigenvalue weighted by Gasteiger charge is 2.31. The van der Waals surface area contributed by atoms with Crippen LogP contribution in [0.4, 0.5) is 13.2 Å². The summed E-state index contributed by atoms with van der Waals surface area (Å²) in [7, 11) is 0. The topological polar surface area (TPSA) is 35.2 Å². The summed E-state index contributed by atoms with van der Waals surface area (Å²) >= 11 is 0. The van der Waals surface area contributed by atoms with E-state index in [-0.39, 0.29) is 12.2 Å². The molecule has 0 bridgehead atoms.